The van der Waals surface area contributed by atoms with E-state index in [1.54, 1.807) is 12.1 Å². The number of carbonyl (C=O) groups is 2. The Kier molecular flexibility index (Phi) is 9.21. The molecule has 0 aliphatic heterocycles. The molecule has 0 saturated heterocycles. The molecule has 2 aromatic carbocycles. The van der Waals surface area contributed by atoms with Gasteiger partial charge in [0, 0.05) is 18.8 Å². The predicted octanol–water partition coefficient (Wildman–Crippen LogP) is 2.31. The molecule has 11 heteroatoms. The Bertz CT molecular complexity index is 1150. The van der Waals surface area contributed by atoms with Crippen molar-refractivity contribution in [3.63, 3.8) is 0 Å². The molecule has 2 aromatic rings. The Morgan fingerprint density at radius 1 is 1.03 bits per heavy atom. The van der Waals surface area contributed by atoms with Gasteiger partial charge in [0.2, 0.25) is 0 Å². The molecule has 0 atom stereocenters. The molecular weight excluding hydrogens is 448 g/mol. The lowest BCUT2D eigenvalue weighted by molar-refractivity contribution is -0.134. The van der Waals surface area contributed by atoms with Gasteiger partial charge in [0.1, 0.15) is 5.75 Å². The van der Waals surface area contributed by atoms with Crippen LogP contribution in [0.3, 0.4) is 0 Å². The maximum absolute atomic E-state index is 12.7. The average Bonchev–Trinajstić information content (AvgIpc) is 2.82. The van der Waals surface area contributed by atoms with Crippen LogP contribution in [0, 0.1) is 22.7 Å². The Morgan fingerprint density at radius 3 is 2.24 bits per heavy atom. The molecule has 1 N–H and O–H groups in total. The zero-order valence-corrected chi connectivity index (χ0v) is 18.7. The van der Waals surface area contributed by atoms with Crippen molar-refractivity contribution in [2.45, 2.75) is 17.7 Å². The molecule has 0 aromatic heterocycles. The highest BCUT2D eigenvalue weighted by Crippen LogP contribution is 2.20. The maximum atomic E-state index is 12.7. The SMILES string of the molecule is COc1ccc(NS(=O)(=O)c2cccc(C(=O)OCC(=O)N(CCC#N)CCC#N)c2)cc1. The van der Waals surface area contributed by atoms with Crippen LogP contribution in [0.25, 0.3) is 0 Å². The molecule has 33 heavy (non-hydrogen) atoms. The highest BCUT2D eigenvalue weighted by Gasteiger charge is 2.19. The van der Waals surface area contributed by atoms with Crippen molar-refractivity contribution in [1.82, 2.24) is 4.90 Å². The minimum absolute atomic E-state index is 0.0546. The van der Waals surface area contributed by atoms with Crippen LogP contribution < -0.4 is 9.46 Å². The van der Waals surface area contributed by atoms with Crippen molar-refractivity contribution < 1.29 is 27.5 Å². The first kappa shape index (κ1) is 25.2. The third-order valence-corrected chi connectivity index (χ3v) is 5.77. The summed E-state index contributed by atoms with van der Waals surface area (Å²) >= 11 is 0. The van der Waals surface area contributed by atoms with E-state index in [1.807, 2.05) is 12.1 Å². The summed E-state index contributed by atoms with van der Waals surface area (Å²) in [6.07, 6.45) is 0.151. The monoisotopic (exact) mass is 470 g/mol. The lowest BCUT2D eigenvalue weighted by atomic mass is 10.2. The molecule has 0 unspecified atom stereocenters. The standard InChI is InChI=1S/C22H22N4O6S/c1-31-19-9-7-18(8-10-19)25-33(29,30)20-6-2-5-17(15-20)22(28)32-16-21(27)26(13-3-11-23)14-4-12-24/h2,5-10,15,25H,3-4,13-14,16H2,1H3. The molecule has 0 fully saturated rings. The quantitative estimate of drug-likeness (QED) is 0.492. The highest BCUT2D eigenvalue weighted by molar-refractivity contribution is 7.92. The number of rotatable bonds is 11. The van der Waals surface area contributed by atoms with E-state index in [4.69, 9.17) is 20.0 Å². The number of hydrogen-bond donors (Lipinski definition) is 1. The van der Waals surface area contributed by atoms with Crippen LogP contribution in [0.2, 0.25) is 0 Å². The third kappa shape index (κ3) is 7.52. The molecule has 10 nitrogen and oxygen atoms in total. The van der Waals surface area contributed by atoms with E-state index in [1.165, 1.54) is 42.3 Å². The summed E-state index contributed by atoms with van der Waals surface area (Å²) in [5.41, 5.74) is 0.255. The second kappa shape index (κ2) is 12.1. The van der Waals surface area contributed by atoms with Crippen molar-refractivity contribution in [2.24, 2.45) is 0 Å². The predicted molar refractivity (Wildman–Crippen MR) is 118 cm³/mol. The minimum atomic E-state index is -3.99. The number of nitriles is 2. The zero-order chi connectivity index (χ0) is 24.3. The second-order valence-electron chi connectivity index (χ2n) is 6.63. The third-order valence-electron chi connectivity index (χ3n) is 4.39. The van der Waals surface area contributed by atoms with Gasteiger partial charge in [-0.3, -0.25) is 9.52 Å². The van der Waals surface area contributed by atoms with Crippen LogP contribution in [-0.2, 0) is 19.6 Å². The normalized spacial score (nSPS) is 10.4. The number of benzene rings is 2. The van der Waals surface area contributed by atoms with Gasteiger partial charge in [0.05, 0.1) is 42.5 Å². The molecule has 0 heterocycles. The molecule has 0 spiro atoms. The summed E-state index contributed by atoms with van der Waals surface area (Å²) < 4.78 is 37.8. The molecule has 0 radical (unpaired) electrons. The van der Waals surface area contributed by atoms with Crippen LogP contribution in [0.5, 0.6) is 5.75 Å². The number of nitrogens with one attached hydrogen (secondary N) is 1. The molecule has 172 valence electrons. The fourth-order valence-electron chi connectivity index (χ4n) is 2.70. The topological polar surface area (TPSA) is 150 Å². The maximum Gasteiger partial charge on any atom is 0.338 e. The Labute approximate surface area is 192 Å². The molecule has 0 bridgehead atoms. The van der Waals surface area contributed by atoms with Gasteiger partial charge in [-0.1, -0.05) is 6.07 Å². The summed E-state index contributed by atoms with van der Waals surface area (Å²) in [7, 11) is -2.50. The fraction of sp³-hybridized carbons (Fsp3) is 0.273. The summed E-state index contributed by atoms with van der Waals surface area (Å²) in [5, 5.41) is 17.4. The van der Waals surface area contributed by atoms with Crippen LogP contribution in [0.4, 0.5) is 5.69 Å². The number of hydrogen-bond acceptors (Lipinski definition) is 8. The van der Waals surface area contributed by atoms with Crippen LogP contribution in [-0.4, -0.2) is 52.0 Å². The van der Waals surface area contributed by atoms with E-state index in [0.717, 1.165) is 6.07 Å². The summed E-state index contributed by atoms with van der Waals surface area (Å²) in [6.45, 7) is -0.380. The van der Waals surface area contributed by atoms with Crippen LogP contribution in [0.15, 0.2) is 53.4 Å². The molecule has 1 amide bonds. The van der Waals surface area contributed by atoms with Crippen molar-refractivity contribution in [3.05, 3.63) is 54.1 Å². The first-order valence-electron chi connectivity index (χ1n) is 9.76. The number of methoxy groups -OCH3 is 1. The van der Waals surface area contributed by atoms with Gasteiger partial charge in [0.15, 0.2) is 6.61 Å². The number of ether oxygens (including phenoxy) is 2. The summed E-state index contributed by atoms with van der Waals surface area (Å²) in [5.74, 6) is -0.875. The van der Waals surface area contributed by atoms with Gasteiger partial charge >= 0.3 is 5.97 Å². The van der Waals surface area contributed by atoms with E-state index in [2.05, 4.69) is 4.72 Å². The number of nitrogens with zero attached hydrogens (tertiary/aromatic N) is 3. The first-order chi connectivity index (χ1) is 15.8. The Hall–Kier alpha value is -4.09. The van der Waals surface area contributed by atoms with Gasteiger partial charge in [-0.05, 0) is 42.5 Å². The van der Waals surface area contributed by atoms with Crippen molar-refractivity contribution in [1.29, 1.82) is 10.5 Å². The van der Waals surface area contributed by atoms with Crippen molar-refractivity contribution in [3.8, 4) is 17.9 Å². The molecule has 0 aliphatic rings. The Balaban J connectivity index is 2.06. The van der Waals surface area contributed by atoms with E-state index < -0.39 is 28.5 Å². The molecule has 2 rings (SSSR count). The van der Waals surface area contributed by atoms with Gasteiger partial charge in [-0.25, -0.2) is 13.2 Å². The van der Waals surface area contributed by atoms with E-state index in [9.17, 15) is 18.0 Å². The first-order valence-corrected chi connectivity index (χ1v) is 11.2. The largest absolute Gasteiger partial charge is 0.497 e. The zero-order valence-electron chi connectivity index (χ0n) is 17.9. The highest BCUT2D eigenvalue weighted by atomic mass is 32.2. The molecule has 0 aliphatic carbocycles. The van der Waals surface area contributed by atoms with E-state index >= 15 is 0 Å². The fourth-order valence-corrected chi connectivity index (χ4v) is 3.80. The summed E-state index contributed by atoms with van der Waals surface area (Å²) in [4.78, 5) is 25.8. The van der Waals surface area contributed by atoms with Crippen LogP contribution in [0.1, 0.15) is 23.2 Å². The lowest BCUT2D eigenvalue weighted by Gasteiger charge is -2.20. The minimum Gasteiger partial charge on any atom is -0.497 e. The average molecular weight is 471 g/mol. The summed E-state index contributed by atoms with van der Waals surface area (Å²) in [6, 6.07) is 15.3. The number of sulfonamides is 1. The lowest BCUT2D eigenvalue weighted by Crippen LogP contribution is -2.36. The van der Waals surface area contributed by atoms with Crippen molar-refractivity contribution >= 4 is 27.6 Å². The molecular formula is C22H22N4O6S. The van der Waals surface area contributed by atoms with Gasteiger partial charge in [0.25, 0.3) is 15.9 Å². The van der Waals surface area contributed by atoms with E-state index in [-0.39, 0.29) is 36.4 Å². The van der Waals surface area contributed by atoms with Crippen molar-refractivity contribution in [2.75, 3.05) is 31.5 Å². The van der Waals surface area contributed by atoms with Gasteiger partial charge in [-0.15, -0.1) is 0 Å². The second-order valence-corrected chi connectivity index (χ2v) is 8.32. The van der Waals surface area contributed by atoms with E-state index in [0.29, 0.717) is 11.4 Å². The Morgan fingerprint density at radius 2 is 1.67 bits per heavy atom. The molecule has 0 saturated carbocycles. The van der Waals surface area contributed by atoms with Gasteiger partial charge in [-0.2, -0.15) is 10.5 Å². The number of carbonyl (C=O) groups excluding carboxylic acids is 2. The number of esters is 1. The number of amides is 1. The smallest absolute Gasteiger partial charge is 0.338 e. The van der Waals surface area contributed by atoms with Crippen LogP contribution >= 0.6 is 0 Å². The number of anilines is 1. The van der Waals surface area contributed by atoms with Gasteiger partial charge < -0.3 is 14.4 Å².